The van der Waals surface area contributed by atoms with Gasteiger partial charge in [0.2, 0.25) is 0 Å². The van der Waals surface area contributed by atoms with Crippen LogP contribution in [0.2, 0.25) is 0 Å². The van der Waals surface area contributed by atoms with Crippen molar-refractivity contribution >= 4 is 0 Å². The molecule has 2 aromatic heterocycles. The molecule has 6 nitrogen and oxygen atoms in total. The van der Waals surface area contributed by atoms with E-state index in [0.717, 1.165) is 41.2 Å². The molecule has 32 heavy (non-hydrogen) atoms. The molecule has 1 fully saturated rings. The van der Waals surface area contributed by atoms with Gasteiger partial charge in [-0.25, -0.2) is 0 Å². The van der Waals surface area contributed by atoms with E-state index in [0.29, 0.717) is 12.3 Å². The molecule has 1 saturated heterocycles. The number of pyridine rings is 1. The molecule has 0 saturated carbocycles. The summed E-state index contributed by atoms with van der Waals surface area (Å²) in [6, 6.07) is 12.2. The molecular formula is C26H34N4O2. The normalized spacial score (nSPS) is 17.8. The first-order chi connectivity index (χ1) is 15.0. The highest BCUT2D eigenvalue weighted by molar-refractivity contribution is 5.60. The zero-order valence-electron chi connectivity index (χ0n) is 19.6. The van der Waals surface area contributed by atoms with Gasteiger partial charge in [0.1, 0.15) is 5.60 Å². The van der Waals surface area contributed by atoms with Gasteiger partial charge in [-0.15, -0.1) is 0 Å². The van der Waals surface area contributed by atoms with Crippen LogP contribution in [0.15, 0.2) is 48.8 Å². The predicted molar refractivity (Wildman–Crippen MR) is 126 cm³/mol. The van der Waals surface area contributed by atoms with Crippen molar-refractivity contribution in [3.63, 3.8) is 0 Å². The Labute approximate surface area is 190 Å². The first kappa shape index (κ1) is 22.6. The highest BCUT2D eigenvalue weighted by atomic mass is 16.3. The van der Waals surface area contributed by atoms with Gasteiger partial charge < -0.3 is 15.5 Å². The third-order valence-corrected chi connectivity index (χ3v) is 6.60. The van der Waals surface area contributed by atoms with Crippen LogP contribution in [0.25, 0.3) is 11.3 Å². The minimum absolute atomic E-state index is 0.357. The number of hydrogen-bond acceptors (Lipinski definition) is 5. The number of aromatic amines is 1. The van der Waals surface area contributed by atoms with Crippen LogP contribution in [0.1, 0.15) is 62.9 Å². The van der Waals surface area contributed by atoms with Crippen molar-refractivity contribution in [1.29, 1.82) is 0 Å². The Kier molecular flexibility index (Phi) is 5.74. The fourth-order valence-electron chi connectivity index (χ4n) is 4.57. The lowest BCUT2D eigenvalue weighted by molar-refractivity contribution is -0.0769. The maximum absolute atomic E-state index is 12.3. The Morgan fingerprint density at radius 3 is 2.28 bits per heavy atom. The Morgan fingerprint density at radius 1 is 1.03 bits per heavy atom. The second-order valence-electron chi connectivity index (χ2n) is 10.4. The second-order valence-corrected chi connectivity index (χ2v) is 10.4. The summed E-state index contributed by atoms with van der Waals surface area (Å²) >= 11 is 0. The number of aliphatic hydroxyl groups is 2. The van der Waals surface area contributed by atoms with E-state index in [1.165, 1.54) is 5.56 Å². The summed E-state index contributed by atoms with van der Waals surface area (Å²) in [5.41, 5.74) is 2.92. The van der Waals surface area contributed by atoms with Gasteiger partial charge in [0.25, 0.3) is 0 Å². The largest absolute Gasteiger partial charge is 0.390 e. The monoisotopic (exact) mass is 434 g/mol. The number of aromatic nitrogens is 3. The molecule has 1 aliphatic heterocycles. The Hall–Kier alpha value is -2.54. The van der Waals surface area contributed by atoms with Crippen LogP contribution in [0, 0.1) is 5.41 Å². The molecule has 3 aromatic rings. The van der Waals surface area contributed by atoms with Crippen LogP contribution < -0.4 is 5.32 Å². The van der Waals surface area contributed by atoms with Crippen molar-refractivity contribution in [3.05, 3.63) is 71.2 Å². The van der Waals surface area contributed by atoms with E-state index in [-0.39, 0.29) is 5.41 Å². The van der Waals surface area contributed by atoms with Crippen LogP contribution >= 0.6 is 0 Å². The van der Waals surface area contributed by atoms with E-state index in [1.807, 2.05) is 24.3 Å². The molecule has 0 radical (unpaired) electrons. The van der Waals surface area contributed by atoms with Gasteiger partial charge in [0.15, 0.2) is 0 Å². The SMILES string of the molecule is CC(C)c1ccc([C@](O)(c2cncc(-c3cc(CC(C)(C)O)[nH]n3)c2)C2(C)CNC2)cc1. The molecule has 0 spiro atoms. The maximum Gasteiger partial charge on any atom is 0.124 e. The minimum Gasteiger partial charge on any atom is -0.390 e. The van der Waals surface area contributed by atoms with E-state index in [1.54, 1.807) is 26.2 Å². The Morgan fingerprint density at radius 2 is 1.72 bits per heavy atom. The zero-order chi connectivity index (χ0) is 23.1. The van der Waals surface area contributed by atoms with E-state index < -0.39 is 11.2 Å². The van der Waals surface area contributed by atoms with Crippen LogP contribution in [-0.2, 0) is 12.0 Å². The van der Waals surface area contributed by atoms with E-state index in [9.17, 15) is 10.2 Å². The zero-order valence-corrected chi connectivity index (χ0v) is 19.6. The van der Waals surface area contributed by atoms with Crippen molar-refractivity contribution in [2.45, 2.75) is 58.2 Å². The number of rotatable bonds is 7. The van der Waals surface area contributed by atoms with Crippen LogP contribution in [0.3, 0.4) is 0 Å². The molecule has 0 aliphatic carbocycles. The molecule has 0 amide bonds. The molecule has 0 unspecified atom stereocenters. The maximum atomic E-state index is 12.3. The third kappa shape index (κ3) is 4.10. The van der Waals surface area contributed by atoms with Gasteiger partial charge in [-0.2, -0.15) is 5.10 Å². The summed E-state index contributed by atoms with van der Waals surface area (Å²) in [5.74, 6) is 0.431. The van der Waals surface area contributed by atoms with Crippen molar-refractivity contribution < 1.29 is 10.2 Å². The quantitative estimate of drug-likeness (QED) is 0.454. The molecule has 4 N–H and O–H groups in total. The first-order valence-electron chi connectivity index (χ1n) is 11.3. The van der Waals surface area contributed by atoms with E-state index in [2.05, 4.69) is 53.4 Å². The van der Waals surface area contributed by atoms with Crippen LogP contribution in [0.4, 0.5) is 0 Å². The van der Waals surface area contributed by atoms with Gasteiger partial charge in [0, 0.05) is 54.1 Å². The summed E-state index contributed by atoms with van der Waals surface area (Å²) in [6.07, 6.45) is 3.99. The van der Waals surface area contributed by atoms with Gasteiger partial charge in [-0.3, -0.25) is 10.1 Å². The summed E-state index contributed by atoms with van der Waals surface area (Å²) in [7, 11) is 0. The average Bonchev–Trinajstić information content (AvgIpc) is 3.18. The number of nitrogens with zero attached hydrogens (tertiary/aromatic N) is 2. The van der Waals surface area contributed by atoms with Crippen molar-refractivity contribution in [3.8, 4) is 11.3 Å². The van der Waals surface area contributed by atoms with Gasteiger partial charge in [0.05, 0.1) is 11.3 Å². The Balaban J connectivity index is 1.75. The molecule has 1 atom stereocenters. The van der Waals surface area contributed by atoms with Crippen molar-refractivity contribution in [2.24, 2.45) is 5.41 Å². The average molecular weight is 435 g/mol. The second kappa shape index (κ2) is 8.10. The predicted octanol–water partition coefficient (Wildman–Crippen LogP) is 3.75. The molecule has 3 heterocycles. The van der Waals surface area contributed by atoms with Crippen LogP contribution in [-0.4, -0.2) is 44.1 Å². The number of nitrogens with one attached hydrogen (secondary N) is 2. The lowest BCUT2D eigenvalue weighted by Crippen LogP contribution is -2.63. The van der Waals surface area contributed by atoms with Gasteiger partial charge >= 0.3 is 0 Å². The van der Waals surface area contributed by atoms with E-state index >= 15 is 0 Å². The summed E-state index contributed by atoms with van der Waals surface area (Å²) in [6.45, 7) is 11.4. The molecule has 1 aromatic carbocycles. The first-order valence-corrected chi connectivity index (χ1v) is 11.3. The molecule has 170 valence electrons. The lowest BCUT2D eigenvalue weighted by Gasteiger charge is -2.52. The molecule has 1 aliphatic rings. The Bertz CT molecular complexity index is 1080. The molecule has 0 bridgehead atoms. The fourth-order valence-corrected chi connectivity index (χ4v) is 4.57. The number of H-pyrrole nitrogens is 1. The lowest BCUT2D eigenvalue weighted by atomic mass is 9.63. The van der Waals surface area contributed by atoms with Crippen molar-refractivity contribution in [1.82, 2.24) is 20.5 Å². The minimum atomic E-state index is -1.19. The summed E-state index contributed by atoms with van der Waals surface area (Å²) in [5, 5.41) is 33.1. The highest BCUT2D eigenvalue weighted by Gasteiger charge is 2.53. The van der Waals surface area contributed by atoms with E-state index in [4.69, 9.17) is 0 Å². The number of hydrogen-bond donors (Lipinski definition) is 4. The van der Waals surface area contributed by atoms with Crippen molar-refractivity contribution in [2.75, 3.05) is 13.1 Å². The topological polar surface area (TPSA) is 94.1 Å². The molecule has 6 heteroatoms. The highest BCUT2D eigenvalue weighted by Crippen LogP contribution is 2.48. The fraction of sp³-hybridized carbons (Fsp3) is 0.462. The standard InChI is InChI=1S/C26H34N4O2/c1-17(2)18-6-8-20(9-7-18)26(32,25(5)15-28-16-25)21-10-19(13-27-14-21)23-11-22(29-30-23)12-24(3,4)31/h6-11,13-14,17,28,31-32H,12,15-16H2,1-5H3,(H,29,30)/t26-/m0/s1. The van der Waals surface area contributed by atoms with Gasteiger partial charge in [-0.05, 0) is 43.0 Å². The summed E-state index contributed by atoms with van der Waals surface area (Å²) < 4.78 is 0. The molecular weight excluding hydrogens is 400 g/mol. The van der Waals surface area contributed by atoms with Crippen LogP contribution in [0.5, 0.6) is 0 Å². The smallest absolute Gasteiger partial charge is 0.124 e. The van der Waals surface area contributed by atoms with Gasteiger partial charge in [-0.1, -0.05) is 45.0 Å². The summed E-state index contributed by atoms with van der Waals surface area (Å²) in [4.78, 5) is 4.47. The number of benzene rings is 1. The third-order valence-electron chi connectivity index (χ3n) is 6.60. The molecule has 4 rings (SSSR count).